The maximum Gasteiger partial charge on any atom is 0.225 e. The van der Waals surface area contributed by atoms with Gasteiger partial charge in [-0.2, -0.15) is 0 Å². The molecule has 6 nitrogen and oxygen atoms in total. The molecular weight excluding hydrogens is 314 g/mol. The highest BCUT2D eigenvalue weighted by Gasteiger charge is 2.31. The molecule has 0 aromatic carbocycles. The molecule has 0 bridgehead atoms. The van der Waals surface area contributed by atoms with Crippen molar-refractivity contribution in [1.29, 1.82) is 0 Å². The fraction of sp³-hybridized carbons (Fsp3) is 0.625. The zero-order valence-electron chi connectivity index (χ0n) is 13.9. The van der Waals surface area contributed by atoms with Gasteiger partial charge in [0, 0.05) is 19.0 Å². The molecule has 128 valence electrons. The standard InChI is InChI=1S/C16H25N3O3S/c1-4-19(14-7-8-23(21,22)11-14)13-5-6-15(17-10-13)18-16(20)9-12(2)3/h5-6,10,12,14H,4,7-9,11H2,1-3H3,(H,17,18,20). The molecule has 1 atom stereocenters. The van der Waals surface area contributed by atoms with Crippen molar-refractivity contribution in [3.63, 3.8) is 0 Å². The van der Waals surface area contributed by atoms with Gasteiger partial charge in [-0.3, -0.25) is 4.79 Å². The second-order valence-corrected chi connectivity index (χ2v) is 8.62. The van der Waals surface area contributed by atoms with Crippen molar-refractivity contribution in [2.45, 2.75) is 39.7 Å². The van der Waals surface area contributed by atoms with Crippen LogP contribution in [0.2, 0.25) is 0 Å². The number of nitrogens with zero attached hydrogens (tertiary/aromatic N) is 2. The van der Waals surface area contributed by atoms with E-state index in [9.17, 15) is 13.2 Å². The molecule has 1 amide bonds. The Kier molecular flexibility index (Phi) is 5.62. The smallest absolute Gasteiger partial charge is 0.225 e. The summed E-state index contributed by atoms with van der Waals surface area (Å²) in [5.41, 5.74) is 0.886. The molecule has 2 rings (SSSR count). The summed E-state index contributed by atoms with van der Waals surface area (Å²) in [6.45, 7) is 6.71. The van der Waals surface area contributed by atoms with E-state index in [-0.39, 0.29) is 23.5 Å². The Morgan fingerprint density at radius 3 is 2.65 bits per heavy atom. The van der Waals surface area contributed by atoms with Crippen LogP contribution >= 0.6 is 0 Å². The van der Waals surface area contributed by atoms with E-state index in [2.05, 4.69) is 15.2 Å². The lowest BCUT2D eigenvalue weighted by atomic mass is 10.1. The SMILES string of the molecule is CCN(c1ccc(NC(=O)CC(C)C)nc1)C1CCS(=O)(=O)C1. The number of carbonyl (C=O) groups excluding carboxylic acids is 1. The van der Waals surface area contributed by atoms with Gasteiger partial charge in [0.1, 0.15) is 5.82 Å². The van der Waals surface area contributed by atoms with Gasteiger partial charge in [-0.25, -0.2) is 13.4 Å². The first-order valence-electron chi connectivity index (χ1n) is 8.03. The molecule has 1 fully saturated rings. The highest BCUT2D eigenvalue weighted by molar-refractivity contribution is 7.91. The molecule has 23 heavy (non-hydrogen) atoms. The van der Waals surface area contributed by atoms with E-state index in [1.54, 1.807) is 12.3 Å². The van der Waals surface area contributed by atoms with Crippen molar-refractivity contribution in [2.24, 2.45) is 5.92 Å². The number of rotatable bonds is 6. The number of hydrogen-bond donors (Lipinski definition) is 1. The van der Waals surface area contributed by atoms with Gasteiger partial charge >= 0.3 is 0 Å². The molecule has 1 aliphatic heterocycles. The zero-order chi connectivity index (χ0) is 17.0. The molecule has 7 heteroatoms. The number of amides is 1. The number of aromatic nitrogens is 1. The molecular formula is C16H25N3O3S. The number of anilines is 2. The average molecular weight is 339 g/mol. The van der Waals surface area contributed by atoms with Gasteiger partial charge in [0.15, 0.2) is 9.84 Å². The van der Waals surface area contributed by atoms with E-state index in [1.807, 2.05) is 26.8 Å². The van der Waals surface area contributed by atoms with E-state index >= 15 is 0 Å². The first kappa shape index (κ1) is 17.7. The minimum absolute atomic E-state index is 0.00758. The number of pyridine rings is 1. The Morgan fingerprint density at radius 2 is 2.17 bits per heavy atom. The van der Waals surface area contributed by atoms with Gasteiger partial charge in [0.2, 0.25) is 5.91 Å². The minimum atomic E-state index is -2.91. The minimum Gasteiger partial charge on any atom is -0.367 e. The molecule has 0 radical (unpaired) electrons. The summed E-state index contributed by atoms with van der Waals surface area (Å²) in [5.74, 6) is 1.23. The quantitative estimate of drug-likeness (QED) is 0.858. The van der Waals surface area contributed by atoms with Crippen LogP contribution in [0, 0.1) is 5.92 Å². The Hall–Kier alpha value is -1.63. The normalized spacial score (nSPS) is 19.7. The average Bonchev–Trinajstić information content (AvgIpc) is 2.80. The summed E-state index contributed by atoms with van der Waals surface area (Å²) in [5, 5.41) is 2.78. The predicted octanol–water partition coefficient (Wildman–Crippen LogP) is 2.08. The summed E-state index contributed by atoms with van der Waals surface area (Å²) in [6, 6.07) is 3.65. The van der Waals surface area contributed by atoms with Crippen LogP contribution in [-0.2, 0) is 14.6 Å². The van der Waals surface area contributed by atoms with E-state index in [1.165, 1.54) is 0 Å². The second kappa shape index (κ2) is 7.29. The first-order valence-corrected chi connectivity index (χ1v) is 9.86. The monoisotopic (exact) mass is 339 g/mol. The maximum atomic E-state index is 11.8. The largest absolute Gasteiger partial charge is 0.367 e. The zero-order valence-corrected chi connectivity index (χ0v) is 14.8. The van der Waals surface area contributed by atoms with Crippen molar-refractivity contribution in [2.75, 3.05) is 28.3 Å². The molecule has 1 aromatic rings. The highest BCUT2D eigenvalue weighted by Crippen LogP contribution is 2.24. The second-order valence-electron chi connectivity index (χ2n) is 6.39. The molecule has 0 saturated carbocycles. The van der Waals surface area contributed by atoms with Crippen LogP contribution in [0.1, 0.15) is 33.6 Å². The van der Waals surface area contributed by atoms with Crippen molar-refractivity contribution in [3.05, 3.63) is 18.3 Å². The summed E-state index contributed by atoms with van der Waals surface area (Å²) in [4.78, 5) is 18.1. The number of nitrogens with one attached hydrogen (secondary N) is 1. The predicted molar refractivity (Wildman–Crippen MR) is 92.4 cm³/mol. The van der Waals surface area contributed by atoms with Gasteiger partial charge in [-0.1, -0.05) is 13.8 Å². The Morgan fingerprint density at radius 1 is 1.43 bits per heavy atom. The van der Waals surface area contributed by atoms with Crippen molar-refractivity contribution in [1.82, 2.24) is 4.98 Å². The van der Waals surface area contributed by atoms with Crippen molar-refractivity contribution < 1.29 is 13.2 Å². The van der Waals surface area contributed by atoms with Crippen molar-refractivity contribution in [3.8, 4) is 0 Å². The maximum absolute atomic E-state index is 11.8. The first-order chi connectivity index (χ1) is 10.8. The Bertz CT molecular complexity index is 641. The molecule has 0 aliphatic carbocycles. The van der Waals surface area contributed by atoms with Crippen molar-refractivity contribution >= 4 is 27.2 Å². The van der Waals surface area contributed by atoms with Crippen LogP contribution in [0.5, 0.6) is 0 Å². The number of hydrogen-bond acceptors (Lipinski definition) is 5. The molecule has 1 aliphatic rings. The lowest BCUT2D eigenvalue weighted by molar-refractivity contribution is -0.116. The molecule has 2 heterocycles. The summed E-state index contributed by atoms with van der Waals surface area (Å²) in [7, 11) is -2.91. The Balaban J connectivity index is 2.04. The van der Waals surface area contributed by atoms with Gasteiger partial charge in [0.25, 0.3) is 0 Å². The lowest BCUT2D eigenvalue weighted by Crippen LogP contribution is -2.36. The fourth-order valence-electron chi connectivity index (χ4n) is 2.87. The third-order valence-electron chi connectivity index (χ3n) is 3.93. The van der Waals surface area contributed by atoms with Crippen LogP contribution in [0.25, 0.3) is 0 Å². The van der Waals surface area contributed by atoms with Gasteiger partial charge < -0.3 is 10.2 Å². The van der Waals surface area contributed by atoms with E-state index in [4.69, 9.17) is 0 Å². The van der Waals surface area contributed by atoms with Crippen LogP contribution in [0.15, 0.2) is 18.3 Å². The van der Waals surface area contributed by atoms with Crippen LogP contribution in [0.4, 0.5) is 11.5 Å². The fourth-order valence-corrected chi connectivity index (χ4v) is 4.60. The van der Waals surface area contributed by atoms with Gasteiger partial charge in [0.05, 0.1) is 23.4 Å². The van der Waals surface area contributed by atoms with Gasteiger partial charge in [-0.05, 0) is 31.4 Å². The summed E-state index contributed by atoms with van der Waals surface area (Å²) in [6.07, 6.45) is 2.81. The summed E-state index contributed by atoms with van der Waals surface area (Å²) < 4.78 is 23.3. The van der Waals surface area contributed by atoms with Gasteiger partial charge in [-0.15, -0.1) is 0 Å². The highest BCUT2D eigenvalue weighted by atomic mass is 32.2. The topological polar surface area (TPSA) is 79.4 Å². The molecule has 1 saturated heterocycles. The van der Waals surface area contributed by atoms with E-state index in [0.717, 1.165) is 12.2 Å². The summed E-state index contributed by atoms with van der Waals surface area (Å²) >= 11 is 0. The van der Waals surface area contributed by atoms with E-state index in [0.29, 0.717) is 24.6 Å². The van der Waals surface area contributed by atoms with E-state index < -0.39 is 9.84 Å². The molecule has 1 unspecified atom stereocenters. The van der Waals surface area contributed by atoms with Crippen LogP contribution in [-0.4, -0.2) is 43.4 Å². The third-order valence-corrected chi connectivity index (χ3v) is 5.68. The lowest BCUT2D eigenvalue weighted by Gasteiger charge is -2.28. The molecule has 0 spiro atoms. The Labute approximate surface area is 138 Å². The third kappa shape index (κ3) is 4.92. The number of carbonyl (C=O) groups is 1. The molecule has 1 N–H and O–H groups in total. The van der Waals surface area contributed by atoms with Crippen LogP contribution in [0.3, 0.4) is 0 Å². The van der Waals surface area contributed by atoms with Crippen LogP contribution < -0.4 is 10.2 Å². The molecule has 1 aromatic heterocycles. The number of sulfone groups is 1.